The molecule has 120 valence electrons. The second-order valence-electron chi connectivity index (χ2n) is 6.20. The summed E-state index contributed by atoms with van der Waals surface area (Å²) in [5.74, 6) is -0.456. The van der Waals surface area contributed by atoms with Gasteiger partial charge in [0.2, 0.25) is 11.8 Å². The van der Waals surface area contributed by atoms with Crippen LogP contribution in [-0.2, 0) is 9.59 Å². The molecule has 2 rings (SSSR count). The van der Waals surface area contributed by atoms with Crippen LogP contribution in [0.5, 0.6) is 0 Å². The van der Waals surface area contributed by atoms with Gasteiger partial charge in [-0.25, -0.2) is 4.39 Å². The smallest absolute Gasteiger partial charge is 0.227 e. The number of anilines is 1. The van der Waals surface area contributed by atoms with E-state index in [4.69, 9.17) is 0 Å². The van der Waals surface area contributed by atoms with Crippen LogP contribution in [0.3, 0.4) is 0 Å². The van der Waals surface area contributed by atoms with Gasteiger partial charge in [0.25, 0.3) is 0 Å². The van der Waals surface area contributed by atoms with Crippen molar-refractivity contribution < 1.29 is 14.0 Å². The molecule has 1 aromatic rings. The lowest BCUT2D eigenvalue weighted by molar-refractivity contribution is -0.137. The molecule has 1 N–H and O–H groups in total. The second kappa shape index (κ2) is 6.90. The van der Waals surface area contributed by atoms with Crippen LogP contribution in [0.4, 0.5) is 10.1 Å². The van der Waals surface area contributed by atoms with Crippen LogP contribution in [0, 0.1) is 24.6 Å². The molecular weight excluding hydrogens is 283 g/mol. The molecule has 0 aliphatic carbocycles. The highest BCUT2D eigenvalue weighted by atomic mass is 19.1. The minimum absolute atomic E-state index is 0.0136. The molecule has 1 fully saturated rings. The number of hydrogen-bond donors (Lipinski definition) is 1. The number of nitrogens with one attached hydrogen (secondary N) is 1. The van der Waals surface area contributed by atoms with Gasteiger partial charge in [-0.1, -0.05) is 19.9 Å². The van der Waals surface area contributed by atoms with Crippen molar-refractivity contribution in [3.63, 3.8) is 0 Å². The van der Waals surface area contributed by atoms with Crippen molar-refractivity contribution in [3.05, 3.63) is 29.6 Å². The van der Waals surface area contributed by atoms with E-state index in [1.165, 1.54) is 12.1 Å². The highest BCUT2D eigenvalue weighted by Gasteiger charge is 2.28. The van der Waals surface area contributed by atoms with Crippen LogP contribution in [0.2, 0.25) is 0 Å². The molecule has 4 nitrogen and oxygen atoms in total. The first-order valence-corrected chi connectivity index (χ1v) is 7.74. The quantitative estimate of drug-likeness (QED) is 0.933. The van der Waals surface area contributed by atoms with Crippen molar-refractivity contribution in [2.75, 3.05) is 18.4 Å². The minimum atomic E-state index is -0.363. The molecule has 0 aromatic heterocycles. The van der Waals surface area contributed by atoms with Gasteiger partial charge in [0.15, 0.2) is 0 Å². The third kappa shape index (κ3) is 3.84. The summed E-state index contributed by atoms with van der Waals surface area (Å²) < 4.78 is 13.3. The molecule has 5 heteroatoms. The monoisotopic (exact) mass is 306 g/mol. The molecule has 1 aromatic carbocycles. The van der Waals surface area contributed by atoms with Crippen LogP contribution >= 0.6 is 0 Å². The van der Waals surface area contributed by atoms with E-state index in [-0.39, 0.29) is 29.5 Å². The summed E-state index contributed by atoms with van der Waals surface area (Å²) in [6.07, 6.45) is 1.30. The summed E-state index contributed by atoms with van der Waals surface area (Å²) >= 11 is 0. The Kier molecular flexibility index (Phi) is 5.16. The fourth-order valence-electron chi connectivity index (χ4n) is 2.69. The Bertz CT molecular complexity index is 564. The molecule has 0 saturated carbocycles. The predicted molar refractivity (Wildman–Crippen MR) is 83.9 cm³/mol. The average molecular weight is 306 g/mol. The second-order valence-corrected chi connectivity index (χ2v) is 6.20. The molecule has 0 unspecified atom stereocenters. The Morgan fingerprint density at radius 3 is 2.50 bits per heavy atom. The first-order chi connectivity index (χ1) is 10.4. The van der Waals surface area contributed by atoms with Gasteiger partial charge in [-0.2, -0.15) is 0 Å². The summed E-state index contributed by atoms with van der Waals surface area (Å²) in [4.78, 5) is 26.1. The molecule has 0 bridgehead atoms. The van der Waals surface area contributed by atoms with Crippen LogP contribution in [-0.4, -0.2) is 29.8 Å². The van der Waals surface area contributed by atoms with Crippen molar-refractivity contribution in [1.82, 2.24) is 4.90 Å². The number of likely N-dealkylation sites (tertiary alicyclic amines) is 1. The lowest BCUT2D eigenvalue weighted by atomic mass is 9.95. The Hall–Kier alpha value is -1.91. The third-order valence-corrected chi connectivity index (χ3v) is 4.13. The van der Waals surface area contributed by atoms with E-state index in [1.54, 1.807) is 6.07 Å². The molecule has 2 amide bonds. The van der Waals surface area contributed by atoms with Crippen molar-refractivity contribution in [1.29, 1.82) is 0 Å². The van der Waals surface area contributed by atoms with Gasteiger partial charge >= 0.3 is 0 Å². The predicted octanol–water partition coefficient (Wildman–Crippen LogP) is 2.97. The fourth-order valence-corrected chi connectivity index (χ4v) is 2.69. The van der Waals surface area contributed by atoms with Crippen molar-refractivity contribution in [2.24, 2.45) is 11.8 Å². The van der Waals surface area contributed by atoms with E-state index < -0.39 is 0 Å². The number of piperidine rings is 1. The molecule has 0 atom stereocenters. The maximum Gasteiger partial charge on any atom is 0.227 e. The molecule has 1 heterocycles. The van der Waals surface area contributed by atoms with Gasteiger partial charge in [0.05, 0.1) is 0 Å². The Balaban J connectivity index is 1.93. The topological polar surface area (TPSA) is 49.4 Å². The first kappa shape index (κ1) is 16.5. The molecule has 1 aliphatic rings. The SMILES string of the molecule is Cc1ccc(F)cc1NC(=O)C1CCN(C(=O)C(C)C)CC1. The van der Waals surface area contributed by atoms with Crippen LogP contribution in [0.1, 0.15) is 32.3 Å². The fraction of sp³-hybridized carbons (Fsp3) is 0.529. The van der Waals surface area contributed by atoms with E-state index in [1.807, 2.05) is 25.7 Å². The number of hydrogen-bond acceptors (Lipinski definition) is 2. The zero-order chi connectivity index (χ0) is 16.3. The molecule has 1 aliphatic heterocycles. The van der Waals surface area contributed by atoms with Crippen molar-refractivity contribution in [2.45, 2.75) is 33.6 Å². The highest BCUT2D eigenvalue weighted by Crippen LogP contribution is 2.22. The summed E-state index contributed by atoms with van der Waals surface area (Å²) in [6, 6.07) is 4.36. The maximum atomic E-state index is 13.3. The number of benzene rings is 1. The molecule has 0 radical (unpaired) electrons. The number of carbonyl (C=O) groups excluding carboxylic acids is 2. The number of aryl methyl sites for hydroxylation is 1. The molecule has 1 saturated heterocycles. The average Bonchev–Trinajstić information content (AvgIpc) is 2.50. The Morgan fingerprint density at radius 2 is 1.91 bits per heavy atom. The number of carbonyl (C=O) groups is 2. The van der Waals surface area contributed by atoms with Gasteiger partial charge in [-0.15, -0.1) is 0 Å². The van der Waals surface area contributed by atoms with Gasteiger partial charge < -0.3 is 10.2 Å². The zero-order valence-electron chi connectivity index (χ0n) is 13.4. The minimum Gasteiger partial charge on any atom is -0.342 e. The summed E-state index contributed by atoms with van der Waals surface area (Å²) in [6.45, 7) is 6.81. The number of amides is 2. The third-order valence-electron chi connectivity index (χ3n) is 4.13. The molecule has 0 spiro atoms. The van der Waals surface area contributed by atoms with Crippen LogP contribution in [0.15, 0.2) is 18.2 Å². The Morgan fingerprint density at radius 1 is 1.27 bits per heavy atom. The first-order valence-electron chi connectivity index (χ1n) is 7.74. The van der Waals surface area contributed by atoms with Crippen molar-refractivity contribution >= 4 is 17.5 Å². The standard InChI is InChI=1S/C17H23FN2O2/c1-11(2)17(22)20-8-6-13(7-9-20)16(21)19-15-10-14(18)5-4-12(15)3/h4-5,10-11,13H,6-9H2,1-3H3,(H,19,21). The zero-order valence-corrected chi connectivity index (χ0v) is 13.4. The van der Waals surface area contributed by atoms with Crippen LogP contribution < -0.4 is 5.32 Å². The van der Waals surface area contributed by atoms with Crippen molar-refractivity contribution in [3.8, 4) is 0 Å². The molecular formula is C17H23FN2O2. The maximum absolute atomic E-state index is 13.3. The summed E-state index contributed by atoms with van der Waals surface area (Å²) in [5, 5.41) is 2.81. The van der Waals surface area contributed by atoms with Crippen LogP contribution in [0.25, 0.3) is 0 Å². The van der Waals surface area contributed by atoms with Gasteiger partial charge in [-0.3, -0.25) is 9.59 Å². The highest BCUT2D eigenvalue weighted by molar-refractivity contribution is 5.93. The van der Waals surface area contributed by atoms with E-state index in [0.717, 1.165) is 5.56 Å². The number of halogens is 1. The van der Waals surface area contributed by atoms with Gasteiger partial charge in [0.1, 0.15) is 5.82 Å². The van der Waals surface area contributed by atoms with E-state index >= 15 is 0 Å². The summed E-state index contributed by atoms with van der Waals surface area (Å²) in [5.41, 5.74) is 1.35. The molecule has 22 heavy (non-hydrogen) atoms. The van der Waals surface area contributed by atoms with Gasteiger partial charge in [-0.05, 0) is 37.5 Å². The van der Waals surface area contributed by atoms with Gasteiger partial charge in [0, 0.05) is 30.6 Å². The lowest BCUT2D eigenvalue weighted by Gasteiger charge is -2.32. The Labute approximate surface area is 130 Å². The number of rotatable bonds is 3. The lowest BCUT2D eigenvalue weighted by Crippen LogP contribution is -2.43. The van der Waals surface area contributed by atoms with E-state index in [9.17, 15) is 14.0 Å². The number of nitrogens with zero attached hydrogens (tertiary/aromatic N) is 1. The van der Waals surface area contributed by atoms with E-state index in [2.05, 4.69) is 5.32 Å². The van der Waals surface area contributed by atoms with E-state index in [0.29, 0.717) is 31.6 Å². The largest absolute Gasteiger partial charge is 0.342 e. The summed E-state index contributed by atoms with van der Waals surface area (Å²) in [7, 11) is 0. The normalized spacial score (nSPS) is 16.0.